The van der Waals surface area contributed by atoms with Crippen molar-refractivity contribution in [3.05, 3.63) is 0 Å². The van der Waals surface area contributed by atoms with Crippen molar-refractivity contribution in [1.29, 1.82) is 0 Å². The molecule has 2 heteroatoms. The Balaban J connectivity index is 3.19. The van der Waals surface area contributed by atoms with Gasteiger partial charge in [-0.2, -0.15) is 0 Å². The summed E-state index contributed by atoms with van der Waals surface area (Å²) in [7, 11) is 0. The van der Waals surface area contributed by atoms with Crippen LogP contribution in [0.1, 0.15) is 52.4 Å². The Hall–Kier alpha value is -0.0400. The van der Waals surface area contributed by atoms with Gasteiger partial charge in [-0.05, 0) is 23.9 Å². The molecule has 0 rings (SSSR count). The van der Waals surface area contributed by atoms with Crippen molar-refractivity contribution in [1.82, 2.24) is 0 Å². The van der Waals surface area contributed by atoms with Gasteiger partial charge in [0.1, 0.15) is 0 Å². The molecule has 0 radical (unpaired) electrons. The normalized spacial score (nSPS) is 12.9. The molecular weight excluding hydrogens is 172 g/mol. The highest BCUT2D eigenvalue weighted by atomic mass is 35.5. The van der Waals surface area contributed by atoms with E-state index >= 15 is 0 Å². The van der Waals surface area contributed by atoms with Gasteiger partial charge in [-0.25, -0.2) is 0 Å². The molecule has 12 heavy (non-hydrogen) atoms. The molecule has 0 bridgehead atoms. The van der Waals surface area contributed by atoms with Crippen LogP contribution in [0.4, 0.5) is 0 Å². The van der Waals surface area contributed by atoms with Crippen LogP contribution in [0.5, 0.6) is 0 Å². The van der Waals surface area contributed by atoms with Gasteiger partial charge in [-0.15, -0.1) is 0 Å². The quantitative estimate of drug-likeness (QED) is 0.559. The Bertz CT molecular complexity index is 123. The first-order valence-corrected chi connectivity index (χ1v) is 5.23. The molecule has 0 amide bonds. The molecule has 0 aromatic carbocycles. The van der Waals surface area contributed by atoms with Gasteiger partial charge in [0.25, 0.3) is 0 Å². The molecule has 72 valence electrons. The van der Waals surface area contributed by atoms with Crippen LogP contribution in [0, 0.1) is 5.92 Å². The van der Waals surface area contributed by atoms with Gasteiger partial charge < -0.3 is 0 Å². The topological polar surface area (TPSA) is 17.1 Å². The van der Waals surface area contributed by atoms with Gasteiger partial charge in [0.2, 0.25) is 5.24 Å². The molecule has 0 aliphatic rings. The summed E-state index contributed by atoms with van der Waals surface area (Å²) in [6.07, 6.45) is 6.48. The summed E-state index contributed by atoms with van der Waals surface area (Å²) < 4.78 is 0. The number of carbonyl (C=O) groups excluding carboxylic acids is 1. The van der Waals surface area contributed by atoms with E-state index in [1.54, 1.807) is 0 Å². The van der Waals surface area contributed by atoms with Crippen LogP contribution >= 0.6 is 11.6 Å². The van der Waals surface area contributed by atoms with Crippen molar-refractivity contribution in [2.75, 3.05) is 0 Å². The van der Waals surface area contributed by atoms with E-state index < -0.39 is 0 Å². The van der Waals surface area contributed by atoms with Gasteiger partial charge in [0, 0.05) is 6.42 Å². The minimum Gasteiger partial charge on any atom is -0.281 e. The fraction of sp³-hybridized carbons (Fsp3) is 0.900. The van der Waals surface area contributed by atoms with Crippen molar-refractivity contribution in [3.63, 3.8) is 0 Å². The van der Waals surface area contributed by atoms with Gasteiger partial charge in [0.15, 0.2) is 0 Å². The maximum absolute atomic E-state index is 10.4. The van der Waals surface area contributed by atoms with E-state index in [2.05, 4.69) is 13.8 Å². The van der Waals surface area contributed by atoms with E-state index in [1.807, 2.05) is 0 Å². The lowest BCUT2D eigenvalue weighted by Gasteiger charge is -2.08. The molecule has 0 saturated heterocycles. The maximum atomic E-state index is 10.4. The number of rotatable bonds is 7. The summed E-state index contributed by atoms with van der Waals surface area (Å²) in [6, 6.07) is 0. The number of halogens is 1. The summed E-state index contributed by atoms with van der Waals surface area (Å²) in [5.41, 5.74) is 0. The number of unbranched alkanes of at least 4 members (excludes halogenated alkanes) is 1. The third-order valence-electron chi connectivity index (χ3n) is 2.12. The van der Waals surface area contributed by atoms with Crippen LogP contribution in [0.15, 0.2) is 0 Å². The van der Waals surface area contributed by atoms with Crippen LogP contribution in [-0.4, -0.2) is 5.24 Å². The Morgan fingerprint density at radius 3 is 2.42 bits per heavy atom. The van der Waals surface area contributed by atoms with E-state index in [-0.39, 0.29) is 5.24 Å². The van der Waals surface area contributed by atoms with Crippen molar-refractivity contribution in [3.8, 4) is 0 Å². The molecule has 0 fully saturated rings. The highest BCUT2D eigenvalue weighted by Crippen LogP contribution is 2.15. The molecule has 0 aliphatic carbocycles. The Labute approximate surface area is 80.5 Å². The minimum absolute atomic E-state index is 0.197. The first kappa shape index (κ1) is 12.0. The number of hydrogen-bond acceptors (Lipinski definition) is 1. The SMILES string of the molecule is CCCC[C@@H](C)CCCC(=O)Cl. The van der Waals surface area contributed by atoms with Crippen LogP contribution in [0.3, 0.4) is 0 Å². The van der Waals surface area contributed by atoms with E-state index in [9.17, 15) is 4.79 Å². The van der Waals surface area contributed by atoms with Crippen molar-refractivity contribution in [2.24, 2.45) is 5.92 Å². The van der Waals surface area contributed by atoms with Crippen molar-refractivity contribution < 1.29 is 4.79 Å². The fourth-order valence-electron chi connectivity index (χ4n) is 1.29. The number of hydrogen-bond donors (Lipinski definition) is 0. The Morgan fingerprint density at radius 2 is 1.92 bits per heavy atom. The largest absolute Gasteiger partial charge is 0.281 e. The zero-order valence-corrected chi connectivity index (χ0v) is 8.86. The molecule has 0 saturated carbocycles. The summed E-state index contributed by atoms with van der Waals surface area (Å²) in [5, 5.41) is -0.197. The van der Waals surface area contributed by atoms with Crippen LogP contribution in [0.25, 0.3) is 0 Å². The molecule has 1 atom stereocenters. The summed E-state index contributed by atoms with van der Waals surface area (Å²) in [6.45, 7) is 4.45. The molecule has 0 aromatic heterocycles. The van der Waals surface area contributed by atoms with Crippen molar-refractivity contribution >= 4 is 16.8 Å². The number of carbonyl (C=O) groups is 1. The van der Waals surface area contributed by atoms with Crippen LogP contribution < -0.4 is 0 Å². The summed E-state index contributed by atoms with van der Waals surface area (Å²) in [4.78, 5) is 10.4. The van der Waals surface area contributed by atoms with E-state index in [0.717, 1.165) is 18.8 Å². The first-order chi connectivity index (χ1) is 5.66. The first-order valence-electron chi connectivity index (χ1n) is 4.85. The van der Waals surface area contributed by atoms with E-state index in [1.165, 1.54) is 19.3 Å². The Morgan fingerprint density at radius 1 is 1.33 bits per heavy atom. The minimum atomic E-state index is -0.197. The molecule has 0 spiro atoms. The van der Waals surface area contributed by atoms with E-state index in [4.69, 9.17) is 11.6 Å². The average molecular weight is 191 g/mol. The Kier molecular flexibility index (Phi) is 7.58. The standard InChI is InChI=1S/C10H19ClO/c1-3-4-6-9(2)7-5-8-10(11)12/h9H,3-8H2,1-2H3/t9-/m1/s1. The molecule has 1 nitrogen and oxygen atoms in total. The highest BCUT2D eigenvalue weighted by molar-refractivity contribution is 6.63. The second kappa shape index (κ2) is 7.60. The van der Waals surface area contributed by atoms with E-state index in [0.29, 0.717) is 6.42 Å². The lowest BCUT2D eigenvalue weighted by atomic mass is 9.98. The lowest BCUT2D eigenvalue weighted by molar-refractivity contribution is -0.111. The molecule has 0 N–H and O–H groups in total. The molecule has 0 aromatic rings. The maximum Gasteiger partial charge on any atom is 0.221 e. The third-order valence-corrected chi connectivity index (χ3v) is 2.31. The fourth-order valence-corrected chi connectivity index (χ4v) is 1.42. The molecule has 0 unspecified atom stereocenters. The predicted octanol–water partition coefficient (Wildman–Crippen LogP) is 3.75. The molecular formula is C10H19ClO. The lowest BCUT2D eigenvalue weighted by Crippen LogP contribution is -1.96. The molecule has 0 aliphatic heterocycles. The van der Waals surface area contributed by atoms with Gasteiger partial charge >= 0.3 is 0 Å². The second-order valence-electron chi connectivity index (χ2n) is 3.49. The zero-order valence-electron chi connectivity index (χ0n) is 8.11. The zero-order chi connectivity index (χ0) is 9.40. The third kappa shape index (κ3) is 8.06. The molecule has 0 heterocycles. The van der Waals surface area contributed by atoms with Crippen LogP contribution in [0.2, 0.25) is 0 Å². The summed E-state index contributed by atoms with van der Waals surface area (Å²) >= 11 is 5.23. The van der Waals surface area contributed by atoms with Gasteiger partial charge in [0.05, 0.1) is 0 Å². The average Bonchev–Trinajstić information content (AvgIpc) is 2.00. The van der Waals surface area contributed by atoms with Gasteiger partial charge in [-0.3, -0.25) is 4.79 Å². The smallest absolute Gasteiger partial charge is 0.221 e. The second-order valence-corrected chi connectivity index (χ2v) is 3.92. The van der Waals surface area contributed by atoms with Gasteiger partial charge in [-0.1, -0.05) is 39.5 Å². The highest BCUT2D eigenvalue weighted by Gasteiger charge is 2.02. The monoisotopic (exact) mass is 190 g/mol. The predicted molar refractivity (Wildman–Crippen MR) is 53.4 cm³/mol. The summed E-state index contributed by atoms with van der Waals surface area (Å²) in [5.74, 6) is 0.751. The van der Waals surface area contributed by atoms with Crippen molar-refractivity contribution in [2.45, 2.75) is 52.4 Å². The van der Waals surface area contributed by atoms with Crippen LogP contribution in [-0.2, 0) is 4.79 Å².